The van der Waals surface area contributed by atoms with E-state index in [4.69, 9.17) is 0 Å². The molecule has 168 valence electrons. The summed E-state index contributed by atoms with van der Waals surface area (Å²) in [7, 11) is 0. The number of aliphatic hydroxyl groups is 1. The Bertz CT molecular complexity index is 1210. The van der Waals surface area contributed by atoms with Gasteiger partial charge < -0.3 is 10.4 Å². The molecule has 0 aromatic carbocycles. The summed E-state index contributed by atoms with van der Waals surface area (Å²) in [5.41, 5.74) is -0.896. The quantitative estimate of drug-likeness (QED) is 0.523. The molecule has 1 aliphatic carbocycles. The molecule has 4 rings (SSSR count). The standard InChI is InChI=1S/C21H16F6N4O/c22-20(23,24)13-4-6-14(7-5-13)28-16-10-12(11-32)9-15(29-16)18-19(21(25,26)27)30-17-3-1-2-8-31(17)18/h1-4,6-10,13,32H,5,11H2,(H,28,29). The van der Waals surface area contributed by atoms with E-state index in [1.165, 1.54) is 40.9 Å². The van der Waals surface area contributed by atoms with Crippen LogP contribution in [0, 0.1) is 5.92 Å². The monoisotopic (exact) mass is 454 g/mol. The highest BCUT2D eigenvalue weighted by molar-refractivity contribution is 5.67. The molecule has 5 nitrogen and oxygen atoms in total. The lowest BCUT2D eigenvalue weighted by atomic mass is 9.99. The summed E-state index contributed by atoms with van der Waals surface area (Å²) in [5.74, 6) is -1.53. The number of pyridine rings is 2. The second-order valence-corrected chi connectivity index (χ2v) is 7.17. The van der Waals surface area contributed by atoms with Gasteiger partial charge in [-0.1, -0.05) is 18.2 Å². The van der Waals surface area contributed by atoms with Crippen molar-refractivity contribution in [1.29, 1.82) is 0 Å². The second-order valence-electron chi connectivity index (χ2n) is 7.17. The van der Waals surface area contributed by atoms with E-state index in [-0.39, 0.29) is 34.8 Å². The van der Waals surface area contributed by atoms with Gasteiger partial charge in [-0.2, -0.15) is 26.3 Å². The third-order valence-corrected chi connectivity index (χ3v) is 4.90. The van der Waals surface area contributed by atoms with E-state index in [1.807, 2.05) is 0 Å². The number of fused-ring (bicyclic) bond motifs is 1. The van der Waals surface area contributed by atoms with Gasteiger partial charge in [-0.25, -0.2) is 9.97 Å². The number of aromatic nitrogens is 3. The van der Waals surface area contributed by atoms with Crippen LogP contribution in [0.25, 0.3) is 17.0 Å². The lowest BCUT2D eigenvalue weighted by Crippen LogP contribution is -2.22. The van der Waals surface area contributed by atoms with Gasteiger partial charge in [0.15, 0.2) is 5.69 Å². The molecule has 0 aliphatic heterocycles. The average Bonchev–Trinajstić information content (AvgIpc) is 3.13. The Morgan fingerprint density at radius 3 is 2.50 bits per heavy atom. The van der Waals surface area contributed by atoms with Gasteiger partial charge in [0.05, 0.1) is 18.2 Å². The van der Waals surface area contributed by atoms with Crippen LogP contribution in [0.1, 0.15) is 17.7 Å². The number of aliphatic hydroxyl groups excluding tert-OH is 1. The van der Waals surface area contributed by atoms with Crippen LogP contribution in [0.4, 0.5) is 32.2 Å². The van der Waals surface area contributed by atoms with Crippen molar-refractivity contribution in [2.75, 3.05) is 5.32 Å². The van der Waals surface area contributed by atoms with Crippen molar-refractivity contribution in [1.82, 2.24) is 14.4 Å². The molecule has 1 aliphatic rings. The summed E-state index contributed by atoms with van der Waals surface area (Å²) in [6, 6.07) is 7.23. The third-order valence-electron chi connectivity index (χ3n) is 4.90. The number of hydrogen-bond donors (Lipinski definition) is 2. The first-order valence-electron chi connectivity index (χ1n) is 9.45. The van der Waals surface area contributed by atoms with Gasteiger partial charge in [-0.3, -0.25) is 4.40 Å². The zero-order valence-corrected chi connectivity index (χ0v) is 16.2. The first kappa shape index (κ1) is 21.9. The fourth-order valence-electron chi connectivity index (χ4n) is 3.41. The Kier molecular flexibility index (Phi) is 5.45. The minimum atomic E-state index is -4.76. The molecular formula is C21H16F6N4O. The van der Waals surface area contributed by atoms with Crippen LogP contribution in [0.15, 0.2) is 60.5 Å². The number of nitrogens with one attached hydrogen (secondary N) is 1. The van der Waals surface area contributed by atoms with Crippen molar-refractivity contribution in [3.8, 4) is 11.4 Å². The summed E-state index contributed by atoms with van der Waals surface area (Å²) in [4.78, 5) is 7.91. The van der Waals surface area contributed by atoms with Crippen LogP contribution in [0.5, 0.6) is 0 Å². The highest BCUT2D eigenvalue weighted by Crippen LogP contribution is 2.38. The first-order valence-corrected chi connectivity index (χ1v) is 9.45. The molecule has 0 radical (unpaired) electrons. The summed E-state index contributed by atoms with van der Waals surface area (Å²) in [5, 5.41) is 12.4. The fraction of sp³-hybridized carbons (Fsp3) is 0.238. The van der Waals surface area contributed by atoms with Crippen molar-refractivity contribution in [3.63, 3.8) is 0 Å². The maximum absolute atomic E-state index is 13.7. The summed E-state index contributed by atoms with van der Waals surface area (Å²) in [6.45, 7) is -0.479. The Hall–Kier alpha value is -3.34. The number of allylic oxidation sites excluding steroid dienone is 3. The Labute approximate surface area is 177 Å². The molecule has 0 bridgehead atoms. The fourth-order valence-corrected chi connectivity index (χ4v) is 3.41. The first-order chi connectivity index (χ1) is 15.1. The van der Waals surface area contributed by atoms with Crippen LogP contribution in [-0.2, 0) is 12.8 Å². The van der Waals surface area contributed by atoms with E-state index in [0.717, 1.165) is 6.08 Å². The summed E-state index contributed by atoms with van der Waals surface area (Å²) < 4.78 is 80.8. The molecule has 2 N–H and O–H groups in total. The Morgan fingerprint density at radius 1 is 1.09 bits per heavy atom. The average molecular weight is 454 g/mol. The van der Waals surface area contributed by atoms with E-state index >= 15 is 0 Å². The van der Waals surface area contributed by atoms with Gasteiger partial charge >= 0.3 is 12.4 Å². The number of halogens is 6. The van der Waals surface area contributed by atoms with Gasteiger partial charge in [-0.15, -0.1) is 0 Å². The predicted molar refractivity (Wildman–Crippen MR) is 104 cm³/mol. The SMILES string of the molecule is OCc1cc(NC2=CCC(C(F)(F)F)C=C2)nc(-c2c(C(F)(F)F)nc3ccccn23)c1. The van der Waals surface area contributed by atoms with E-state index in [0.29, 0.717) is 5.70 Å². The molecule has 11 heteroatoms. The molecule has 3 heterocycles. The van der Waals surface area contributed by atoms with Crippen LogP contribution >= 0.6 is 0 Å². The molecule has 0 fully saturated rings. The molecule has 0 saturated heterocycles. The molecule has 1 atom stereocenters. The van der Waals surface area contributed by atoms with Crippen molar-refractivity contribution >= 4 is 11.5 Å². The smallest absolute Gasteiger partial charge is 0.392 e. The van der Waals surface area contributed by atoms with Gasteiger partial charge in [0, 0.05) is 11.9 Å². The minimum absolute atomic E-state index is 0.0663. The molecular weight excluding hydrogens is 438 g/mol. The number of nitrogens with zero attached hydrogens (tertiary/aromatic N) is 3. The van der Waals surface area contributed by atoms with E-state index in [1.54, 1.807) is 12.1 Å². The number of imidazole rings is 1. The van der Waals surface area contributed by atoms with Crippen molar-refractivity contribution in [2.24, 2.45) is 5.92 Å². The number of hydrogen-bond acceptors (Lipinski definition) is 4. The van der Waals surface area contributed by atoms with Crippen LogP contribution in [0.3, 0.4) is 0 Å². The zero-order valence-electron chi connectivity index (χ0n) is 16.2. The maximum Gasteiger partial charge on any atom is 0.435 e. The number of rotatable bonds is 4. The maximum atomic E-state index is 13.7. The van der Waals surface area contributed by atoms with Gasteiger partial charge in [-0.05, 0) is 42.3 Å². The topological polar surface area (TPSA) is 62.5 Å². The van der Waals surface area contributed by atoms with Crippen molar-refractivity contribution in [3.05, 3.63) is 71.7 Å². The molecule has 1 unspecified atom stereocenters. The Balaban J connectivity index is 1.75. The highest BCUT2D eigenvalue weighted by Gasteiger charge is 2.39. The largest absolute Gasteiger partial charge is 0.435 e. The van der Waals surface area contributed by atoms with Crippen molar-refractivity contribution in [2.45, 2.75) is 25.4 Å². The number of anilines is 1. The summed E-state index contributed by atoms with van der Waals surface area (Å²) in [6.07, 6.45) is -4.40. The molecule has 0 spiro atoms. The second kappa shape index (κ2) is 7.97. The summed E-state index contributed by atoms with van der Waals surface area (Å²) >= 11 is 0. The molecule has 32 heavy (non-hydrogen) atoms. The van der Waals surface area contributed by atoms with Crippen LogP contribution in [0.2, 0.25) is 0 Å². The zero-order chi connectivity index (χ0) is 23.1. The normalized spacial score (nSPS) is 17.0. The lowest BCUT2D eigenvalue weighted by molar-refractivity contribution is -0.160. The van der Waals surface area contributed by atoms with Crippen LogP contribution in [-0.4, -0.2) is 25.7 Å². The minimum Gasteiger partial charge on any atom is -0.392 e. The third kappa shape index (κ3) is 4.33. The molecule has 0 saturated carbocycles. The molecule has 3 aromatic rings. The lowest BCUT2D eigenvalue weighted by Gasteiger charge is -2.20. The Morgan fingerprint density at radius 2 is 1.88 bits per heavy atom. The predicted octanol–water partition coefficient (Wildman–Crippen LogP) is 5.34. The van der Waals surface area contributed by atoms with Crippen molar-refractivity contribution < 1.29 is 31.4 Å². The molecule has 3 aromatic heterocycles. The van der Waals surface area contributed by atoms with Gasteiger partial charge in [0.1, 0.15) is 17.2 Å². The van der Waals surface area contributed by atoms with E-state index in [2.05, 4.69) is 15.3 Å². The van der Waals surface area contributed by atoms with E-state index < -0.39 is 30.6 Å². The van der Waals surface area contributed by atoms with E-state index in [9.17, 15) is 31.4 Å². The van der Waals surface area contributed by atoms with Crippen LogP contribution < -0.4 is 5.32 Å². The highest BCUT2D eigenvalue weighted by atomic mass is 19.4. The number of alkyl halides is 6. The van der Waals surface area contributed by atoms with Gasteiger partial charge in [0.2, 0.25) is 0 Å². The van der Waals surface area contributed by atoms with Gasteiger partial charge in [0.25, 0.3) is 0 Å². The molecule has 0 amide bonds.